The van der Waals surface area contributed by atoms with E-state index < -0.39 is 0 Å². The van der Waals surface area contributed by atoms with Crippen LogP contribution in [0.4, 0.5) is 11.4 Å². The Hall–Kier alpha value is -1.96. The van der Waals surface area contributed by atoms with Crippen molar-refractivity contribution in [2.75, 3.05) is 29.9 Å². The molecule has 0 saturated carbocycles. The van der Waals surface area contributed by atoms with E-state index in [1.165, 1.54) is 53.0 Å². The van der Waals surface area contributed by atoms with E-state index in [4.69, 9.17) is 0 Å². The first-order valence-electron chi connectivity index (χ1n) is 8.30. The SMILES string of the molecule is Cc1cc(C)c(NCCN2CCCc3ccccc32)c(C)c1. The number of anilines is 2. The Morgan fingerprint density at radius 3 is 2.55 bits per heavy atom. The highest BCUT2D eigenvalue weighted by Crippen LogP contribution is 2.26. The molecule has 0 amide bonds. The zero-order valence-corrected chi connectivity index (χ0v) is 13.9. The van der Waals surface area contributed by atoms with Gasteiger partial charge < -0.3 is 10.2 Å². The van der Waals surface area contributed by atoms with Crippen molar-refractivity contribution in [1.82, 2.24) is 0 Å². The van der Waals surface area contributed by atoms with Gasteiger partial charge in [-0.25, -0.2) is 0 Å². The molecule has 0 aromatic heterocycles. The van der Waals surface area contributed by atoms with Crippen LogP contribution in [0.2, 0.25) is 0 Å². The van der Waals surface area contributed by atoms with Gasteiger partial charge in [-0.1, -0.05) is 35.9 Å². The molecule has 3 rings (SSSR count). The van der Waals surface area contributed by atoms with Crippen molar-refractivity contribution in [3.8, 4) is 0 Å². The standard InChI is InChI=1S/C20H26N2/c1-15-13-16(2)20(17(3)14-15)21-10-12-22-11-6-8-18-7-4-5-9-19(18)22/h4-5,7,9,13-14,21H,6,8,10-12H2,1-3H3. The van der Waals surface area contributed by atoms with Gasteiger partial charge in [-0.2, -0.15) is 0 Å². The highest BCUT2D eigenvalue weighted by molar-refractivity contribution is 5.59. The predicted molar refractivity (Wildman–Crippen MR) is 96.1 cm³/mol. The molecule has 1 aliphatic rings. The molecule has 2 aromatic carbocycles. The van der Waals surface area contributed by atoms with Gasteiger partial charge in [0.1, 0.15) is 0 Å². The molecule has 0 saturated heterocycles. The monoisotopic (exact) mass is 294 g/mol. The first kappa shape index (κ1) is 15.0. The van der Waals surface area contributed by atoms with Crippen LogP contribution in [0.15, 0.2) is 36.4 Å². The summed E-state index contributed by atoms with van der Waals surface area (Å²) in [6.45, 7) is 9.76. The lowest BCUT2D eigenvalue weighted by Crippen LogP contribution is -2.33. The molecule has 116 valence electrons. The molecule has 0 fully saturated rings. The number of rotatable bonds is 4. The summed E-state index contributed by atoms with van der Waals surface area (Å²) in [7, 11) is 0. The molecule has 0 spiro atoms. The molecule has 1 N–H and O–H groups in total. The molecule has 22 heavy (non-hydrogen) atoms. The Kier molecular flexibility index (Phi) is 4.37. The second-order valence-corrected chi connectivity index (χ2v) is 6.42. The second kappa shape index (κ2) is 6.43. The maximum atomic E-state index is 3.64. The normalized spacial score (nSPS) is 13.9. The molecule has 0 atom stereocenters. The summed E-state index contributed by atoms with van der Waals surface area (Å²) in [5.74, 6) is 0. The average Bonchev–Trinajstić information content (AvgIpc) is 2.50. The molecule has 1 heterocycles. The minimum absolute atomic E-state index is 0.985. The third kappa shape index (κ3) is 3.11. The molecule has 0 unspecified atom stereocenters. The fourth-order valence-corrected chi connectivity index (χ4v) is 3.62. The number of nitrogens with zero attached hydrogens (tertiary/aromatic N) is 1. The molecule has 2 aromatic rings. The van der Waals surface area contributed by atoms with Crippen LogP contribution in [0.3, 0.4) is 0 Å². The van der Waals surface area contributed by atoms with E-state index in [0.29, 0.717) is 0 Å². The third-order valence-corrected chi connectivity index (χ3v) is 4.57. The Labute approximate surface area is 134 Å². The highest BCUT2D eigenvalue weighted by atomic mass is 15.1. The lowest BCUT2D eigenvalue weighted by atomic mass is 10.0. The zero-order valence-electron chi connectivity index (χ0n) is 13.9. The van der Waals surface area contributed by atoms with Gasteiger partial charge in [0, 0.05) is 31.0 Å². The van der Waals surface area contributed by atoms with Crippen molar-refractivity contribution < 1.29 is 0 Å². The van der Waals surface area contributed by atoms with Gasteiger partial charge in [-0.3, -0.25) is 0 Å². The van der Waals surface area contributed by atoms with E-state index in [1.54, 1.807) is 0 Å². The highest BCUT2D eigenvalue weighted by Gasteiger charge is 2.15. The maximum absolute atomic E-state index is 3.64. The van der Waals surface area contributed by atoms with Crippen molar-refractivity contribution in [2.45, 2.75) is 33.6 Å². The van der Waals surface area contributed by atoms with Crippen LogP contribution < -0.4 is 10.2 Å². The number of aryl methyl sites for hydroxylation is 4. The summed E-state index contributed by atoms with van der Waals surface area (Å²) in [6.07, 6.45) is 2.48. The van der Waals surface area contributed by atoms with E-state index in [1.807, 2.05) is 0 Å². The fraction of sp³-hybridized carbons (Fsp3) is 0.400. The number of para-hydroxylation sites is 1. The molecular formula is C20H26N2. The van der Waals surface area contributed by atoms with E-state index >= 15 is 0 Å². The van der Waals surface area contributed by atoms with Crippen LogP contribution in [-0.4, -0.2) is 19.6 Å². The fourth-order valence-electron chi connectivity index (χ4n) is 3.62. The summed E-state index contributed by atoms with van der Waals surface area (Å²) >= 11 is 0. The minimum atomic E-state index is 0.985. The topological polar surface area (TPSA) is 15.3 Å². The van der Waals surface area contributed by atoms with Crippen molar-refractivity contribution >= 4 is 11.4 Å². The minimum Gasteiger partial charge on any atom is -0.383 e. The van der Waals surface area contributed by atoms with Crippen molar-refractivity contribution in [1.29, 1.82) is 0 Å². The summed E-state index contributed by atoms with van der Waals surface area (Å²) in [5.41, 5.74) is 8.25. The number of fused-ring (bicyclic) bond motifs is 1. The Bertz CT molecular complexity index is 638. The molecule has 0 radical (unpaired) electrons. The molecule has 1 aliphatic heterocycles. The first-order valence-corrected chi connectivity index (χ1v) is 8.30. The Balaban J connectivity index is 1.65. The summed E-state index contributed by atoms with van der Waals surface area (Å²) in [5, 5.41) is 3.64. The molecule has 0 aliphatic carbocycles. The van der Waals surface area contributed by atoms with Gasteiger partial charge in [-0.15, -0.1) is 0 Å². The van der Waals surface area contributed by atoms with Gasteiger partial charge in [0.15, 0.2) is 0 Å². The van der Waals surface area contributed by atoms with Crippen LogP contribution in [0.5, 0.6) is 0 Å². The Morgan fingerprint density at radius 1 is 1.05 bits per heavy atom. The third-order valence-electron chi connectivity index (χ3n) is 4.57. The van der Waals surface area contributed by atoms with Gasteiger partial charge >= 0.3 is 0 Å². The summed E-state index contributed by atoms with van der Waals surface area (Å²) < 4.78 is 0. The largest absolute Gasteiger partial charge is 0.383 e. The molecule has 2 heteroatoms. The molecular weight excluding hydrogens is 268 g/mol. The molecule has 2 nitrogen and oxygen atoms in total. The van der Waals surface area contributed by atoms with E-state index in [0.717, 1.165) is 13.1 Å². The van der Waals surface area contributed by atoms with E-state index in [9.17, 15) is 0 Å². The second-order valence-electron chi connectivity index (χ2n) is 6.42. The van der Waals surface area contributed by atoms with Gasteiger partial charge in [-0.05, 0) is 56.4 Å². The van der Waals surface area contributed by atoms with Crippen LogP contribution in [0.1, 0.15) is 28.7 Å². The van der Waals surface area contributed by atoms with Crippen LogP contribution in [0, 0.1) is 20.8 Å². The number of benzene rings is 2. The first-order chi connectivity index (χ1) is 10.6. The number of hydrogen-bond acceptors (Lipinski definition) is 2. The smallest absolute Gasteiger partial charge is 0.0400 e. The van der Waals surface area contributed by atoms with Crippen LogP contribution >= 0.6 is 0 Å². The average molecular weight is 294 g/mol. The van der Waals surface area contributed by atoms with E-state index in [2.05, 4.69) is 67.4 Å². The zero-order chi connectivity index (χ0) is 15.5. The van der Waals surface area contributed by atoms with Crippen LogP contribution in [0.25, 0.3) is 0 Å². The van der Waals surface area contributed by atoms with Crippen LogP contribution in [-0.2, 0) is 6.42 Å². The number of hydrogen-bond donors (Lipinski definition) is 1. The lowest BCUT2D eigenvalue weighted by molar-refractivity contribution is 0.698. The van der Waals surface area contributed by atoms with Gasteiger partial charge in [0.05, 0.1) is 0 Å². The van der Waals surface area contributed by atoms with Gasteiger partial charge in [0.2, 0.25) is 0 Å². The van der Waals surface area contributed by atoms with Crippen molar-refractivity contribution in [2.24, 2.45) is 0 Å². The lowest BCUT2D eigenvalue weighted by Gasteiger charge is -2.31. The maximum Gasteiger partial charge on any atom is 0.0400 e. The quantitative estimate of drug-likeness (QED) is 0.894. The van der Waals surface area contributed by atoms with Gasteiger partial charge in [0.25, 0.3) is 0 Å². The van der Waals surface area contributed by atoms with Crippen molar-refractivity contribution in [3.05, 3.63) is 58.7 Å². The Morgan fingerprint density at radius 2 is 1.77 bits per heavy atom. The predicted octanol–water partition coefficient (Wildman–Crippen LogP) is 4.48. The van der Waals surface area contributed by atoms with Crippen molar-refractivity contribution in [3.63, 3.8) is 0 Å². The number of nitrogens with one attached hydrogen (secondary N) is 1. The van der Waals surface area contributed by atoms with E-state index in [-0.39, 0.29) is 0 Å². The summed E-state index contributed by atoms with van der Waals surface area (Å²) in [4.78, 5) is 2.52. The molecule has 0 bridgehead atoms. The summed E-state index contributed by atoms with van der Waals surface area (Å²) in [6, 6.07) is 13.3.